The maximum atomic E-state index is 12.7. The number of aryl methyl sites for hydroxylation is 1. The highest BCUT2D eigenvalue weighted by Gasteiger charge is 2.31. The van der Waals surface area contributed by atoms with E-state index in [-0.39, 0.29) is 17.3 Å². The molecule has 0 radical (unpaired) electrons. The minimum atomic E-state index is -4.49. The Morgan fingerprint density at radius 1 is 1.27 bits per heavy atom. The van der Waals surface area contributed by atoms with Crippen molar-refractivity contribution < 1.29 is 22.5 Å². The minimum Gasteiger partial charge on any atom is -0.319 e. The number of nitrogens with one attached hydrogen (secondary N) is 1. The molecule has 1 aromatic heterocycles. The van der Waals surface area contributed by atoms with Crippen molar-refractivity contribution in [1.29, 1.82) is 0 Å². The fourth-order valence-electron chi connectivity index (χ4n) is 1.88. The highest BCUT2D eigenvalue weighted by molar-refractivity contribution is 6.33. The number of anilines is 1. The summed E-state index contributed by atoms with van der Waals surface area (Å²) < 4.78 is 39.7. The molecule has 2 aromatic rings. The molecule has 0 aliphatic heterocycles. The van der Waals surface area contributed by atoms with Gasteiger partial charge in [-0.25, -0.2) is 0 Å². The maximum Gasteiger partial charge on any atom is 0.416 e. The molecule has 3 nitrogen and oxygen atoms in total. The summed E-state index contributed by atoms with van der Waals surface area (Å²) in [6, 6.07) is 8.22. The summed E-state index contributed by atoms with van der Waals surface area (Å²) >= 11 is 5.84. The third-order valence-electron chi connectivity index (χ3n) is 3.05. The van der Waals surface area contributed by atoms with Crippen LogP contribution in [0, 0.1) is 6.92 Å². The molecule has 1 heterocycles. The van der Waals surface area contributed by atoms with Crippen LogP contribution in [0.3, 0.4) is 0 Å². The molecular formula is C15H13ClF3N2O+. The molecule has 1 amide bonds. The van der Waals surface area contributed by atoms with E-state index in [1.165, 1.54) is 0 Å². The van der Waals surface area contributed by atoms with Gasteiger partial charge in [-0.2, -0.15) is 17.7 Å². The Hall–Kier alpha value is -2.08. The number of hydrogen-bond acceptors (Lipinski definition) is 1. The number of aromatic nitrogens is 1. The van der Waals surface area contributed by atoms with E-state index in [1.54, 1.807) is 16.8 Å². The number of hydrogen-bond donors (Lipinski definition) is 1. The fourth-order valence-corrected chi connectivity index (χ4v) is 2.05. The van der Waals surface area contributed by atoms with Crippen molar-refractivity contribution in [2.45, 2.75) is 19.6 Å². The van der Waals surface area contributed by atoms with Crippen LogP contribution in [-0.2, 0) is 17.5 Å². The normalized spacial score (nSPS) is 11.3. The van der Waals surface area contributed by atoms with Crippen LogP contribution >= 0.6 is 11.6 Å². The third kappa shape index (κ3) is 3.98. The lowest BCUT2D eigenvalue weighted by molar-refractivity contribution is -0.690. The van der Waals surface area contributed by atoms with Crippen molar-refractivity contribution in [2.75, 3.05) is 5.32 Å². The predicted octanol–water partition coefficient (Wildman–Crippen LogP) is 3.59. The molecule has 0 atom stereocenters. The van der Waals surface area contributed by atoms with Crippen LogP contribution in [0.15, 0.2) is 42.6 Å². The molecule has 0 aliphatic rings. The first kappa shape index (κ1) is 16.3. The van der Waals surface area contributed by atoms with Gasteiger partial charge >= 0.3 is 6.18 Å². The van der Waals surface area contributed by atoms with Gasteiger partial charge in [0.2, 0.25) is 6.54 Å². The molecule has 1 N–H and O–H groups in total. The van der Waals surface area contributed by atoms with Crippen LogP contribution < -0.4 is 9.88 Å². The second-order valence-electron chi connectivity index (χ2n) is 4.71. The van der Waals surface area contributed by atoms with Gasteiger partial charge in [-0.15, -0.1) is 0 Å². The summed E-state index contributed by atoms with van der Waals surface area (Å²) in [6.45, 7) is 1.81. The van der Waals surface area contributed by atoms with Crippen molar-refractivity contribution in [3.8, 4) is 0 Å². The van der Waals surface area contributed by atoms with Crippen molar-refractivity contribution in [3.63, 3.8) is 0 Å². The van der Waals surface area contributed by atoms with Crippen molar-refractivity contribution in [2.24, 2.45) is 0 Å². The maximum absolute atomic E-state index is 12.7. The highest BCUT2D eigenvalue weighted by Crippen LogP contribution is 2.33. The van der Waals surface area contributed by atoms with Crippen molar-refractivity contribution in [3.05, 3.63) is 58.9 Å². The first-order chi connectivity index (χ1) is 10.3. The zero-order valence-corrected chi connectivity index (χ0v) is 12.4. The monoisotopic (exact) mass is 329 g/mol. The summed E-state index contributed by atoms with van der Waals surface area (Å²) in [6.07, 6.45) is -2.78. The van der Waals surface area contributed by atoms with E-state index in [9.17, 15) is 18.0 Å². The van der Waals surface area contributed by atoms with Gasteiger partial charge in [0, 0.05) is 19.1 Å². The number of rotatable bonds is 3. The van der Waals surface area contributed by atoms with Gasteiger partial charge in [0.1, 0.15) is 0 Å². The molecule has 1 aromatic carbocycles. The van der Waals surface area contributed by atoms with E-state index in [0.717, 1.165) is 23.9 Å². The fraction of sp³-hybridized carbons (Fsp3) is 0.200. The van der Waals surface area contributed by atoms with E-state index in [2.05, 4.69) is 5.32 Å². The van der Waals surface area contributed by atoms with Crippen LogP contribution in [0.25, 0.3) is 0 Å². The standard InChI is InChI=1S/C15H12ClF3N2O/c1-10-4-2-3-7-21(10)9-14(22)20-13-8-11(15(17,18)19)5-6-12(13)16/h2-8H,9H2,1H3/p+1. The number of pyridine rings is 1. The number of carbonyl (C=O) groups is 1. The van der Waals surface area contributed by atoms with Crippen molar-refractivity contribution >= 4 is 23.2 Å². The molecule has 7 heteroatoms. The molecular weight excluding hydrogens is 317 g/mol. The summed E-state index contributed by atoms with van der Waals surface area (Å²) in [5.74, 6) is -0.458. The van der Waals surface area contributed by atoms with Gasteiger partial charge in [0.05, 0.1) is 16.3 Å². The molecule has 0 saturated carbocycles. The largest absolute Gasteiger partial charge is 0.416 e. The van der Waals surface area contributed by atoms with E-state index >= 15 is 0 Å². The summed E-state index contributed by atoms with van der Waals surface area (Å²) in [7, 11) is 0. The lowest BCUT2D eigenvalue weighted by Crippen LogP contribution is -2.42. The van der Waals surface area contributed by atoms with Gasteiger partial charge in [0.25, 0.3) is 5.91 Å². The molecule has 0 spiro atoms. The van der Waals surface area contributed by atoms with Gasteiger partial charge in [-0.05, 0) is 18.2 Å². The number of amides is 1. The van der Waals surface area contributed by atoms with E-state index in [1.807, 2.05) is 19.1 Å². The smallest absolute Gasteiger partial charge is 0.319 e. The Morgan fingerprint density at radius 3 is 2.64 bits per heavy atom. The Bertz CT molecular complexity index is 701. The quantitative estimate of drug-likeness (QED) is 0.858. The Kier molecular flexibility index (Phi) is 4.71. The van der Waals surface area contributed by atoms with Crippen LogP contribution in [0.5, 0.6) is 0 Å². The molecule has 0 bridgehead atoms. The zero-order chi connectivity index (χ0) is 16.3. The Morgan fingerprint density at radius 2 is 2.00 bits per heavy atom. The van der Waals surface area contributed by atoms with Gasteiger partial charge < -0.3 is 5.32 Å². The summed E-state index contributed by atoms with van der Waals surface area (Å²) in [5.41, 5.74) is -0.0702. The van der Waals surface area contributed by atoms with E-state index in [0.29, 0.717) is 0 Å². The molecule has 22 heavy (non-hydrogen) atoms. The van der Waals surface area contributed by atoms with Crippen LogP contribution in [0.1, 0.15) is 11.3 Å². The summed E-state index contributed by atoms with van der Waals surface area (Å²) in [4.78, 5) is 12.0. The number of benzene rings is 1. The van der Waals surface area contributed by atoms with Crippen LogP contribution in [0.4, 0.5) is 18.9 Å². The zero-order valence-electron chi connectivity index (χ0n) is 11.6. The molecule has 116 valence electrons. The highest BCUT2D eigenvalue weighted by atomic mass is 35.5. The lowest BCUT2D eigenvalue weighted by atomic mass is 10.2. The number of alkyl halides is 3. The molecule has 0 unspecified atom stereocenters. The van der Waals surface area contributed by atoms with Gasteiger partial charge in [-0.3, -0.25) is 4.79 Å². The molecule has 0 saturated heterocycles. The van der Waals surface area contributed by atoms with Crippen molar-refractivity contribution in [1.82, 2.24) is 0 Å². The average Bonchev–Trinajstić information content (AvgIpc) is 2.42. The second kappa shape index (κ2) is 6.36. The topological polar surface area (TPSA) is 33.0 Å². The SMILES string of the molecule is Cc1cccc[n+]1CC(=O)Nc1cc(C(F)(F)F)ccc1Cl. The first-order valence-corrected chi connectivity index (χ1v) is 6.77. The first-order valence-electron chi connectivity index (χ1n) is 6.39. The number of nitrogens with zero attached hydrogens (tertiary/aromatic N) is 1. The lowest BCUT2D eigenvalue weighted by Gasteiger charge is -2.11. The van der Waals surface area contributed by atoms with Crippen LogP contribution in [0.2, 0.25) is 5.02 Å². The second-order valence-corrected chi connectivity index (χ2v) is 5.12. The molecule has 0 aliphatic carbocycles. The molecule has 0 fully saturated rings. The number of carbonyl (C=O) groups excluding carboxylic acids is 1. The van der Waals surface area contributed by atoms with E-state index < -0.39 is 17.6 Å². The average molecular weight is 330 g/mol. The third-order valence-corrected chi connectivity index (χ3v) is 3.38. The van der Waals surface area contributed by atoms with E-state index in [4.69, 9.17) is 11.6 Å². The Labute approximate surface area is 130 Å². The summed E-state index contributed by atoms with van der Waals surface area (Å²) in [5, 5.41) is 2.46. The number of halogens is 4. The van der Waals surface area contributed by atoms with Crippen LogP contribution in [-0.4, -0.2) is 5.91 Å². The minimum absolute atomic E-state index is 0.0146. The Balaban J connectivity index is 2.17. The van der Waals surface area contributed by atoms with Gasteiger partial charge in [0.15, 0.2) is 11.9 Å². The van der Waals surface area contributed by atoms with Gasteiger partial charge in [-0.1, -0.05) is 17.7 Å². The predicted molar refractivity (Wildman–Crippen MR) is 76.5 cm³/mol. The molecule has 2 rings (SSSR count).